The Kier molecular flexibility index (Phi) is 6.06. The molecule has 0 aromatic heterocycles. The molecule has 0 bridgehead atoms. The molecule has 0 radical (unpaired) electrons. The number of ether oxygens (including phenoxy) is 1. The van der Waals surface area contributed by atoms with E-state index in [2.05, 4.69) is 5.32 Å². The first-order valence-corrected chi connectivity index (χ1v) is 9.03. The van der Waals surface area contributed by atoms with Crippen molar-refractivity contribution in [3.8, 4) is 0 Å². The van der Waals surface area contributed by atoms with Gasteiger partial charge in [-0.2, -0.15) is 0 Å². The van der Waals surface area contributed by atoms with Crippen molar-refractivity contribution in [3.05, 3.63) is 60.2 Å². The van der Waals surface area contributed by atoms with E-state index in [1.807, 2.05) is 30.3 Å². The van der Waals surface area contributed by atoms with E-state index in [9.17, 15) is 14.4 Å². The van der Waals surface area contributed by atoms with E-state index in [-0.39, 0.29) is 18.2 Å². The van der Waals surface area contributed by atoms with Crippen molar-refractivity contribution < 1.29 is 24.2 Å². The topological polar surface area (TPSA) is 95.9 Å². The van der Waals surface area contributed by atoms with Crippen molar-refractivity contribution in [3.63, 3.8) is 0 Å². The number of carboxylic acids is 1. The van der Waals surface area contributed by atoms with Crippen molar-refractivity contribution in [2.45, 2.75) is 31.5 Å². The molecule has 7 heteroatoms. The SMILES string of the molecule is CN(C(=O)Cc1ccc(NC(=O)[C@@H]2CC[C@H](C(=O)O)O2)cc1)c1ccccc1. The van der Waals surface area contributed by atoms with Gasteiger partial charge in [-0.05, 0) is 42.7 Å². The average Bonchev–Trinajstić information content (AvgIpc) is 3.20. The summed E-state index contributed by atoms with van der Waals surface area (Å²) in [6.45, 7) is 0. The molecule has 1 aliphatic heterocycles. The fraction of sp³-hybridized carbons (Fsp3) is 0.286. The van der Waals surface area contributed by atoms with Crippen molar-refractivity contribution >= 4 is 29.2 Å². The van der Waals surface area contributed by atoms with Crippen molar-refractivity contribution in [1.29, 1.82) is 0 Å². The second kappa shape index (κ2) is 8.67. The smallest absolute Gasteiger partial charge is 0.332 e. The second-order valence-electron chi connectivity index (χ2n) is 6.68. The van der Waals surface area contributed by atoms with Crippen LogP contribution in [0.2, 0.25) is 0 Å². The Labute approximate surface area is 162 Å². The van der Waals surface area contributed by atoms with E-state index in [1.165, 1.54) is 0 Å². The Morgan fingerprint density at radius 2 is 1.68 bits per heavy atom. The highest BCUT2D eigenvalue weighted by atomic mass is 16.5. The van der Waals surface area contributed by atoms with E-state index in [1.54, 1.807) is 36.2 Å². The summed E-state index contributed by atoms with van der Waals surface area (Å²) in [4.78, 5) is 37.1. The molecular formula is C21H22N2O5. The van der Waals surface area contributed by atoms with E-state index in [0.29, 0.717) is 18.5 Å². The normalized spacial score (nSPS) is 18.5. The Hall–Kier alpha value is -3.19. The first-order valence-electron chi connectivity index (χ1n) is 9.03. The van der Waals surface area contributed by atoms with Gasteiger partial charge >= 0.3 is 5.97 Å². The van der Waals surface area contributed by atoms with Gasteiger partial charge in [-0.3, -0.25) is 9.59 Å². The molecule has 2 aromatic carbocycles. The predicted octanol–water partition coefficient (Wildman–Crippen LogP) is 2.46. The zero-order valence-corrected chi connectivity index (χ0v) is 15.5. The monoisotopic (exact) mass is 382 g/mol. The number of benzene rings is 2. The molecule has 0 aliphatic carbocycles. The fourth-order valence-corrected chi connectivity index (χ4v) is 3.03. The maximum Gasteiger partial charge on any atom is 0.332 e. The molecule has 1 saturated heterocycles. The van der Waals surface area contributed by atoms with Gasteiger partial charge in [0.2, 0.25) is 5.91 Å². The number of carbonyl (C=O) groups is 3. The molecule has 146 valence electrons. The average molecular weight is 382 g/mol. The van der Waals surface area contributed by atoms with Gasteiger partial charge in [0.1, 0.15) is 6.10 Å². The van der Waals surface area contributed by atoms with E-state index >= 15 is 0 Å². The van der Waals surface area contributed by atoms with Gasteiger partial charge < -0.3 is 20.1 Å². The Balaban J connectivity index is 1.54. The third-order valence-electron chi connectivity index (χ3n) is 4.68. The molecule has 0 unspecified atom stereocenters. The molecule has 2 aromatic rings. The lowest BCUT2D eigenvalue weighted by Gasteiger charge is -2.17. The summed E-state index contributed by atoms with van der Waals surface area (Å²) < 4.78 is 5.24. The lowest BCUT2D eigenvalue weighted by atomic mass is 10.1. The Morgan fingerprint density at radius 3 is 2.29 bits per heavy atom. The van der Waals surface area contributed by atoms with Crippen LogP contribution in [0.5, 0.6) is 0 Å². The van der Waals surface area contributed by atoms with Crippen LogP contribution in [0, 0.1) is 0 Å². The zero-order chi connectivity index (χ0) is 20.1. The van der Waals surface area contributed by atoms with Gasteiger partial charge in [0.15, 0.2) is 6.10 Å². The first-order chi connectivity index (χ1) is 13.4. The second-order valence-corrected chi connectivity index (χ2v) is 6.68. The molecule has 2 N–H and O–H groups in total. The molecule has 2 atom stereocenters. The van der Waals surface area contributed by atoms with Crippen molar-refractivity contribution in [1.82, 2.24) is 0 Å². The number of carboxylic acid groups (broad SMARTS) is 1. The van der Waals surface area contributed by atoms with Gasteiger partial charge in [0, 0.05) is 18.4 Å². The highest BCUT2D eigenvalue weighted by molar-refractivity contribution is 5.95. The third-order valence-corrected chi connectivity index (χ3v) is 4.68. The molecule has 1 heterocycles. The van der Waals surface area contributed by atoms with E-state index < -0.39 is 18.2 Å². The molecule has 28 heavy (non-hydrogen) atoms. The summed E-state index contributed by atoms with van der Waals surface area (Å²) in [6, 6.07) is 16.4. The molecular weight excluding hydrogens is 360 g/mol. The number of amides is 2. The van der Waals surface area contributed by atoms with E-state index in [0.717, 1.165) is 11.3 Å². The van der Waals surface area contributed by atoms with Gasteiger partial charge in [-0.15, -0.1) is 0 Å². The van der Waals surface area contributed by atoms with Gasteiger partial charge in [-0.1, -0.05) is 30.3 Å². The third kappa shape index (κ3) is 4.75. The summed E-state index contributed by atoms with van der Waals surface area (Å²) in [5, 5.41) is 11.6. The lowest BCUT2D eigenvalue weighted by molar-refractivity contribution is -0.150. The Bertz CT molecular complexity index is 851. The minimum atomic E-state index is -1.05. The zero-order valence-electron chi connectivity index (χ0n) is 15.5. The summed E-state index contributed by atoms with van der Waals surface area (Å²) in [6.07, 6.45) is -0.747. The number of rotatable bonds is 6. The number of nitrogens with zero attached hydrogens (tertiary/aromatic N) is 1. The molecule has 3 rings (SSSR count). The van der Waals surface area contributed by atoms with Crippen LogP contribution >= 0.6 is 0 Å². The summed E-state index contributed by atoms with van der Waals surface area (Å²) in [5.41, 5.74) is 2.22. The van der Waals surface area contributed by atoms with E-state index in [4.69, 9.17) is 9.84 Å². The molecule has 0 spiro atoms. The van der Waals surface area contributed by atoms with Crippen LogP contribution in [0.3, 0.4) is 0 Å². The van der Waals surface area contributed by atoms with Crippen LogP contribution < -0.4 is 10.2 Å². The summed E-state index contributed by atoms with van der Waals surface area (Å²) >= 11 is 0. The van der Waals surface area contributed by atoms with Crippen molar-refractivity contribution in [2.75, 3.05) is 17.3 Å². The number of aliphatic carboxylic acids is 1. The van der Waals surface area contributed by atoms with Crippen LogP contribution in [-0.4, -0.2) is 42.1 Å². The van der Waals surface area contributed by atoms with Gasteiger partial charge in [-0.25, -0.2) is 4.79 Å². The molecule has 2 amide bonds. The first kappa shape index (κ1) is 19.6. The highest BCUT2D eigenvalue weighted by Gasteiger charge is 2.34. The number of anilines is 2. The molecule has 7 nitrogen and oxygen atoms in total. The summed E-state index contributed by atoms with van der Waals surface area (Å²) in [7, 11) is 1.73. The maximum absolute atomic E-state index is 12.4. The quantitative estimate of drug-likeness (QED) is 0.800. The largest absolute Gasteiger partial charge is 0.479 e. The van der Waals surface area contributed by atoms with Crippen LogP contribution in [0.25, 0.3) is 0 Å². The fourth-order valence-electron chi connectivity index (χ4n) is 3.03. The molecule has 1 aliphatic rings. The van der Waals surface area contributed by atoms with Crippen LogP contribution in [0.15, 0.2) is 54.6 Å². The summed E-state index contributed by atoms with van der Waals surface area (Å²) in [5.74, 6) is -1.46. The number of likely N-dealkylation sites (N-methyl/N-ethyl adjacent to an activating group) is 1. The van der Waals surface area contributed by atoms with Gasteiger partial charge in [0.25, 0.3) is 5.91 Å². The van der Waals surface area contributed by atoms with Gasteiger partial charge in [0.05, 0.1) is 6.42 Å². The minimum Gasteiger partial charge on any atom is -0.479 e. The predicted molar refractivity (Wildman–Crippen MR) is 104 cm³/mol. The maximum atomic E-state index is 12.4. The Morgan fingerprint density at radius 1 is 1.04 bits per heavy atom. The van der Waals surface area contributed by atoms with Crippen LogP contribution in [-0.2, 0) is 25.5 Å². The molecule has 1 fully saturated rings. The number of hydrogen-bond donors (Lipinski definition) is 2. The van der Waals surface area contributed by atoms with Crippen molar-refractivity contribution in [2.24, 2.45) is 0 Å². The number of hydrogen-bond acceptors (Lipinski definition) is 4. The van der Waals surface area contributed by atoms with Crippen LogP contribution in [0.1, 0.15) is 18.4 Å². The lowest BCUT2D eigenvalue weighted by Crippen LogP contribution is -2.30. The van der Waals surface area contributed by atoms with Crippen LogP contribution in [0.4, 0.5) is 11.4 Å². The highest BCUT2D eigenvalue weighted by Crippen LogP contribution is 2.22. The minimum absolute atomic E-state index is 0.0398. The number of carbonyl (C=O) groups excluding carboxylic acids is 2. The standard InChI is InChI=1S/C21H22N2O5/c1-23(16-5-3-2-4-6-16)19(24)13-14-7-9-15(10-8-14)22-20(25)17-11-12-18(28-17)21(26)27/h2-10,17-18H,11-13H2,1H3,(H,22,25)(H,26,27)/t17-,18+/m0/s1. The molecule has 0 saturated carbocycles. The number of para-hydroxylation sites is 1. The number of nitrogens with one attached hydrogen (secondary N) is 1.